The van der Waals surface area contributed by atoms with E-state index < -0.39 is 9.84 Å². The number of benzene rings is 1. The summed E-state index contributed by atoms with van der Waals surface area (Å²) in [5.41, 5.74) is 0. The van der Waals surface area contributed by atoms with Crippen molar-refractivity contribution < 1.29 is 13.2 Å². The van der Waals surface area contributed by atoms with Crippen molar-refractivity contribution in [3.8, 4) is 0 Å². The van der Waals surface area contributed by atoms with Crippen molar-refractivity contribution in [1.29, 1.82) is 0 Å². The highest BCUT2D eigenvalue weighted by molar-refractivity contribution is 9.10. The van der Waals surface area contributed by atoms with E-state index in [1.165, 1.54) is 0 Å². The summed E-state index contributed by atoms with van der Waals surface area (Å²) < 4.78 is 24.7. The van der Waals surface area contributed by atoms with Gasteiger partial charge in [0.05, 0.1) is 10.6 Å². The molecule has 2 rings (SSSR count). The van der Waals surface area contributed by atoms with Gasteiger partial charge < -0.3 is 5.32 Å². The highest BCUT2D eigenvalue weighted by atomic mass is 79.9. The lowest BCUT2D eigenvalue weighted by Crippen LogP contribution is -2.30. The molecule has 1 aliphatic carbocycles. The standard InChI is InChI=1S/C12H14BrNO3S/c13-10-2-1-3-11(8-10)18(16,17)7-6-14-12(15)9-4-5-9/h1-3,8-9H,4-7H2,(H,14,15). The van der Waals surface area contributed by atoms with E-state index in [4.69, 9.17) is 0 Å². The fourth-order valence-electron chi connectivity index (χ4n) is 1.58. The Morgan fingerprint density at radius 2 is 2.11 bits per heavy atom. The lowest BCUT2D eigenvalue weighted by atomic mass is 10.4. The molecule has 6 heteroatoms. The van der Waals surface area contributed by atoms with E-state index in [1.54, 1.807) is 24.3 Å². The van der Waals surface area contributed by atoms with Crippen molar-refractivity contribution in [3.05, 3.63) is 28.7 Å². The van der Waals surface area contributed by atoms with Gasteiger partial charge in [-0.1, -0.05) is 22.0 Å². The zero-order valence-corrected chi connectivity index (χ0v) is 12.1. The summed E-state index contributed by atoms with van der Waals surface area (Å²) >= 11 is 3.24. The van der Waals surface area contributed by atoms with Crippen LogP contribution in [-0.2, 0) is 14.6 Å². The summed E-state index contributed by atoms with van der Waals surface area (Å²) in [7, 11) is -3.33. The van der Waals surface area contributed by atoms with Crippen LogP contribution in [-0.4, -0.2) is 26.6 Å². The number of sulfone groups is 1. The third-order valence-corrected chi connectivity index (χ3v) is 4.98. The fraction of sp³-hybridized carbons (Fsp3) is 0.417. The Hall–Kier alpha value is -0.880. The third-order valence-electron chi connectivity index (χ3n) is 2.77. The number of carbonyl (C=O) groups excluding carboxylic acids is 1. The number of amides is 1. The minimum Gasteiger partial charge on any atom is -0.355 e. The summed E-state index contributed by atoms with van der Waals surface area (Å²) in [5.74, 6) is 0.0140. The molecule has 1 N–H and O–H groups in total. The molecule has 0 radical (unpaired) electrons. The Kier molecular flexibility index (Phi) is 4.07. The molecule has 4 nitrogen and oxygen atoms in total. The zero-order chi connectivity index (χ0) is 13.2. The topological polar surface area (TPSA) is 63.2 Å². The first-order valence-corrected chi connectivity index (χ1v) is 8.19. The molecule has 1 aromatic rings. The summed E-state index contributed by atoms with van der Waals surface area (Å²) in [6.45, 7) is 0.171. The van der Waals surface area contributed by atoms with E-state index >= 15 is 0 Å². The van der Waals surface area contributed by atoms with Crippen LogP contribution in [0.1, 0.15) is 12.8 Å². The molecule has 0 aromatic heterocycles. The van der Waals surface area contributed by atoms with Gasteiger partial charge in [-0.05, 0) is 31.0 Å². The van der Waals surface area contributed by atoms with Crippen LogP contribution in [0.3, 0.4) is 0 Å². The van der Waals surface area contributed by atoms with Gasteiger partial charge in [-0.2, -0.15) is 0 Å². The Morgan fingerprint density at radius 3 is 2.72 bits per heavy atom. The number of nitrogens with one attached hydrogen (secondary N) is 1. The highest BCUT2D eigenvalue weighted by Gasteiger charge is 2.29. The summed E-state index contributed by atoms with van der Waals surface area (Å²) in [5, 5.41) is 2.66. The van der Waals surface area contributed by atoms with E-state index in [1.807, 2.05) is 0 Å². The normalized spacial score (nSPS) is 15.4. The van der Waals surface area contributed by atoms with Crippen LogP contribution in [0.4, 0.5) is 0 Å². The highest BCUT2D eigenvalue weighted by Crippen LogP contribution is 2.28. The molecule has 0 saturated heterocycles. The molecule has 1 saturated carbocycles. The van der Waals surface area contributed by atoms with E-state index in [2.05, 4.69) is 21.2 Å². The summed E-state index contributed by atoms with van der Waals surface area (Å²) in [4.78, 5) is 11.6. The largest absolute Gasteiger partial charge is 0.355 e. The molecule has 0 bridgehead atoms. The monoisotopic (exact) mass is 331 g/mol. The van der Waals surface area contributed by atoms with Crippen molar-refractivity contribution in [2.24, 2.45) is 5.92 Å². The molecule has 0 unspecified atom stereocenters. The molecule has 0 heterocycles. The number of halogens is 1. The second kappa shape index (κ2) is 5.40. The molecule has 1 fully saturated rings. The smallest absolute Gasteiger partial charge is 0.223 e. The van der Waals surface area contributed by atoms with E-state index in [0.29, 0.717) is 0 Å². The summed E-state index contributed by atoms with van der Waals surface area (Å²) in [6, 6.07) is 6.58. The maximum absolute atomic E-state index is 12.0. The first kappa shape index (κ1) is 13.5. The van der Waals surface area contributed by atoms with Crippen LogP contribution in [0.15, 0.2) is 33.6 Å². The van der Waals surface area contributed by atoms with Crippen LogP contribution in [0.25, 0.3) is 0 Å². The minimum absolute atomic E-state index is 0.0283. The maximum Gasteiger partial charge on any atom is 0.223 e. The van der Waals surface area contributed by atoms with Gasteiger partial charge in [0, 0.05) is 16.9 Å². The lowest BCUT2D eigenvalue weighted by Gasteiger charge is -2.06. The molecule has 0 aliphatic heterocycles. The van der Waals surface area contributed by atoms with Gasteiger partial charge in [0.1, 0.15) is 0 Å². The van der Waals surface area contributed by atoms with Gasteiger partial charge in [0.2, 0.25) is 5.91 Å². The molecule has 0 spiro atoms. The molecular weight excluding hydrogens is 318 g/mol. The van der Waals surface area contributed by atoms with Gasteiger partial charge in [-0.15, -0.1) is 0 Å². The Bertz CT molecular complexity index is 552. The second-order valence-corrected chi connectivity index (χ2v) is 7.37. The predicted molar refractivity (Wildman–Crippen MR) is 71.9 cm³/mol. The zero-order valence-electron chi connectivity index (χ0n) is 9.73. The van der Waals surface area contributed by atoms with Crippen molar-refractivity contribution in [3.63, 3.8) is 0 Å². The molecule has 98 valence electrons. The first-order valence-electron chi connectivity index (χ1n) is 5.75. The minimum atomic E-state index is -3.33. The van der Waals surface area contributed by atoms with E-state index in [0.717, 1.165) is 17.3 Å². The SMILES string of the molecule is O=C(NCCS(=O)(=O)c1cccc(Br)c1)C1CC1. The molecule has 1 amide bonds. The fourth-order valence-corrected chi connectivity index (χ4v) is 3.33. The van der Waals surface area contributed by atoms with Crippen molar-refractivity contribution in [2.75, 3.05) is 12.3 Å². The van der Waals surface area contributed by atoms with Crippen LogP contribution in [0.2, 0.25) is 0 Å². The van der Waals surface area contributed by atoms with Crippen LogP contribution in [0, 0.1) is 5.92 Å². The third kappa shape index (κ3) is 3.55. The van der Waals surface area contributed by atoms with E-state index in [-0.39, 0.29) is 29.0 Å². The van der Waals surface area contributed by atoms with Gasteiger partial charge in [0.15, 0.2) is 9.84 Å². The average Bonchev–Trinajstić information content (AvgIpc) is 3.12. The second-order valence-electron chi connectivity index (χ2n) is 4.34. The van der Waals surface area contributed by atoms with Gasteiger partial charge >= 0.3 is 0 Å². The molecule has 0 atom stereocenters. The van der Waals surface area contributed by atoms with Crippen LogP contribution in [0.5, 0.6) is 0 Å². The first-order chi connectivity index (χ1) is 8.49. The molecule has 18 heavy (non-hydrogen) atoms. The average molecular weight is 332 g/mol. The van der Waals surface area contributed by atoms with Gasteiger partial charge in [-0.25, -0.2) is 8.42 Å². The maximum atomic E-state index is 12.0. The number of hydrogen-bond donors (Lipinski definition) is 1. The predicted octanol–water partition coefficient (Wildman–Crippen LogP) is 1.75. The van der Waals surface area contributed by atoms with Crippen LogP contribution >= 0.6 is 15.9 Å². The Morgan fingerprint density at radius 1 is 1.39 bits per heavy atom. The number of hydrogen-bond acceptors (Lipinski definition) is 3. The quantitative estimate of drug-likeness (QED) is 0.893. The van der Waals surface area contributed by atoms with E-state index in [9.17, 15) is 13.2 Å². The Labute approximate surface area is 115 Å². The summed E-state index contributed by atoms with van der Waals surface area (Å²) in [6.07, 6.45) is 1.84. The Balaban J connectivity index is 1.92. The van der Waals surface area contributed by atoms with Crippen molar-refractivity contribution in [1.82, 2.24) is 5.32 Å². The van der Waals surface area contributed by atoms with Gasteiger partial charge in [0.25, 0.3) is 0 Å². The van der Waals surface area contributed by atoms with Crippen molar-refractivity contribution in [2.45, 2.75) is 17.7 Å². The lowest BCUT2D eigenvalue weighted by molar-refractivity contribution is -0.122. The van der Waals surface area contributed by atoms with Crippen molar-refractivity contribution >= 4 is 31.7 Å². The van der Waals surface area contributed by atoms with Gasteiger partial charge in [-0.3, -0.25) is 4.79 Å². The number of carbonyl (C=O) groups is 1. The molecular formula is C12H14BrNO3S. The molecule has 1 aliphatic rings. The number of rotatable bonds is 5. The molecule has 1 aromatic carbocycles. The van der Waals surface area contributed by atoms with Crippen LogP contribution < -0.4 is 5.32 Å².